The summed E-state index contributed by atoms with van der Waals surface area (Å²) in [6.07, 6.45) is 1.54. The number of carbonyl (C=O) groups excluding carboxylic acids is 3. The second-order valence-corrected chi connectivity index (χ2v) is 5.53. The Morgan fingerprint density at radius 2 is 1.67 bits per heavy atom. The van der Waals surface area contributed by atoms with Crippen molar-refractivity contribution in [2.45, 2.75) is 57.2 Å². The van der Waals surface area contributed by atoms with E-state index < -0.39 is 41.8 Å². The van der Waals surface area contributed by atoms with E-state index in [0.29, 0.717) is 25.8 Å². The summed E-state index contributed by atoms with van der Waals surface area (Å²) in [7, 11) is 0. The second-order valence-electron chi connectivity index (χ2n) is 5.53. The third-order valence-electron chi connectivity index (χ3n) is 3.35. The van der Waals surface area contributed by atoms with Crippen LogP contribution in [0.15, 0.2) is 0 Å². The molecule has 0 heterocycles. The lowest BCUT2D eigenvalue weighted by Crippen LogP contribution is -2.54. The third kappa shape index (κ3) is 9.06. The van der Waals surface area contributed by atoms with Gasteiger partial charge in [0.15, 0.2) is 0 Å². The fourth-order valence-electron chi connectivity index (χ4n) is 1.84. The Morgan fingerprint density at radius 3 is 2.17 bits per heavy atom. The van der Waals surface area contributed by atoms with E-state index in [2.05, 4.69) is 10.6 Å². The van der Waals surface area contributed by atoms with Crippen LogP contribution in [0.5, 0.6) is 0 Å². The zero-order valence-electron chi connectivity index (χ0n) is 13.8. The van der Waals surface area contributed by atoms with Crippen LogP contribution in [0.2, 0.25) is 0 Å². The van der Waals surface area contributed by atoms with Crippen LogP contribution >= 0.6 is 0 Å². The zero-order valence-corrected chi connectivity index (χ0v) is 13.8. The number of hydrogen-bond acceptors (Lipinski definition) is 6. The standard InChI is InChI=1S/C14H27N5O5/c1-8(14(23)24)18-13(22)10(4-2-3-7-15)19-12(21)9(16)5-6-11(17)20/h8-10H,2-7,15-16H2,1H3,(H2,17,20)(H,18,22)(H,19,21)(H,23,24)/t8-,9-,10-/m0/s1. The quantitative estimate of drug-likeness (QED) is 0.216. The van der Waals surface area contributed by atoms with Crippen LogP contribution in [0.1, 0.15) is 39.0 Å². The minimum Gasteiger partial charge on any atom is -0.480 e. The number of aliphatic carboxylic acids is 1. The summed E-state index contributed by atoms with van der Waals surface area (Å²) in [5.74, 6) is -2.98. The lowest BCUT2D eigenvalue weighted by Gasteiger charge is -2.21. The predicted octanol–water partition coefficient (Wildman–Crippen LogP) is -2.22. The molecule has 0 saturated carbocycles. The van der Waals surface area contributed by atoms with Crippen LogP contribution in [0, 0.1) is 0 Å². The largest absolute Gasteiger partial charge is 0.480 e. The zero-order chi connectivity index (χ0) is 18.7. The number of primary amides is 1. The molecule has 0 rings (SSSR count). The molecule has 0 spiro atoms. The van der Waals surface area contributed by atoms with Crippen molar-refractivity contribution in [3.63, 3.8) is 0 Å². The normalized spacial score (nSPS) is 14.3. The summed E-state index contributed by atoms with van der Waals surface area (Å²) in [5, 5.41) is 13.6. The molecule has 0 aliphatic heterocycles. The van der Waals surface area contributed by atoms with Crippen LogP contribution < -0.4 is 27.8 Å². The first-order valence-corrected chi connectivity index (χ1v) is 7.76. The molecular weight excluding hydrogens is 318 g/mol. The maximum Gasteiger partial charge on any atom is 0.325 e. The van der Waals surface area contributed by atoms with Crippen molar-refractivity contribution in [2.75, 3.05) is 6.54 Å². The Labute approximate surface area is 140 Å². The number of unbranched alkanes of at least 4 members (excludes halogenated alkanes) is 1. The monoisotopic (exact) mass is 345 g/mol. The van der Waals surface area contributed by atoms with Gasteiger partial charge < -0.3 is 32.9 Å². The van der Waals surface area contributed by atoms with Gasteiger partial charge in [-0.1, -0.05) is 0 Å². The molecule has 24 heavy (non-hydrogen) atoms. The molecule has 0 bridgehead atoms. The summed E-state index contributed by atoms with van der Waals surface area (Å²) in [4.78, 5) is 45.7. The van der Waals surface area contributed by atoms with Gasteiger partial charge in [-0.2, -0.15) is 0 Å². The van der Waals surface area contributed by atoms with Gasteiger partial charge in [0.2, 0.25) is 17.7 Å². The van der Waals surface area contributed by atoms with Crippen molar-refractivity contribution >= 4 is 23.7 Å². The molecule has 3 atom stereocenters. The number of hydrogen-bond donors (Lipinski definition) is 6. The van der Waals surface area contributed by atoms with Gasteiger partial charge >= 0.3 is 5.97 Å². The molecule has 0 fully saturated rings. The van der Waals surface area contributed by atoms with Crippen LogP contribution in [-0.4, -0.2) is 53.5 Å². The minimum atomic E-state index is -1.19. The maximum atomic E-state index is 12.1. The van der Waals surface area contributed by atoms with E-state index in [-0.39, 0.29) is 12.8 Å². The Morgan fingerprint density at radius 1 is 1.04 bits per heavy atom. The lowest BCUT2D eigenvalue weighted by atomic mass is 10.1. The van der Waals surface area contributed by atoms with Gasteiger partial charge in [0.1, 0.15) is 12.1 Å². The first-order chi connectivity index (χ1) is 11.2. The van der Waals surface area contributed by atoms with Gasteiger partial charge in [0.05, 0.1) is 6.04 Å². The van der Waals surface area contributed by atoms with E-state index in [9.17, 15) is 19.2 Å². The van der Waals surface area contributed by atoms with Gasteiger partial charge in [0.25, 0.3) is 0 Å². The average Bonchev–Trinajstić information content (AvgIpc) is 2.51. The number of rotatable bonds is 12. The minimum absolute atomic E-state index is 0.0470. The molecule has 0 aromatic heterocycles. The van der Waals surface area contributed by atoms with E-state index in [0.717, 1.165) is 0 Å². The fourth-order valence-corrected chi connectivity index (χ4v) is 1.84. The molecule has 138 valence electrons. The van der Waals surface area contributed by atoms with E-state index >= 15 is 0 Å². The third-order valence-corrected chi connectivity index (χ3v) is 3.35. The molecule has 10 heteroatoms. The first kappa shape index (κ1) is 21.8. The molecule has 0 aliphatic rings. The molecule has 10 nitrogen and oxygen atoms in total. The molecule has 9 N–H and O–H groups in total. The van der Waals surface area contributed by atoms with Crippen molar-refractivity contribution in [1.82, 2.24) is 10.6 Å². The predicted molar refractivity (Wildman–Crippen MR) is 86.5 cm³/mol. The van der Waals surface area contributed by atoms with Crippen molar-refractivity contribution < 1.29 is 24.3 Å². The Kier molecular flexibility index (Phi) is 10.3. The Balaban J connectivity index is 4.74. The Bertz CT molecular complexity index is 457. The molecular formula is C14H27N5O5. The van der Waals surface area contributed by atoms with Gasteiger partial charge in [-0.3, -0.25) is 19.2 Å². The van der Waals surface area contributed by atoms with Crippen LogP contribution in [0.3, 0.4) is 0 Å². The van der Waals surface area contributed by atoms with Crippen LogP contribution in [0.4, 0.5) is 0 Å². The first-order valence-electron chi connectivity index (χ1n) is 7.76. The highest BCUT2D eigenvalue weighted by Crippen LogP contribution is 2.03. The number of carbonyl (C=O) groups is 4. The van der Waals surface area contributed by atoms with E-state index in [1.165, 1.54) is 6.92 Å². The topological polar surface area (TPSA) is 191 Å². The van der Waals surface area contributed by atoms with Gasteiger partial charge in [-0.25, -0.2) is 0 Å². The second kappa shape index (κ2) is 11.4. The maximum absolute atomic E-state index is 12.1. The number of carboxylic acid groups (broad SMARTS) is 1. The van der Waals surface area contributed by atoms with Crippen LogP contribution in [-0.2, 0) is 19.2 Å². The van der Waals surface area contributed by atoms with Gasteiger partial charge in [0, 0.05) is 6.42 Å². The van der Waals surface area contributed by atoms with Crippen molar-refractivity contribution in [1.29, 1.82) is 0 Å². The highest BCUT2D eigenvalue weighted by Gasteiger charge is 2.25. The molecule has 0 aliphatic carbocycles. The smallest absolute Gasteiger partial charge is 0.325 e. The van der Waals surface area contributed by atoms with E-state index in [1.807, 2.05) is 0 Å². The summed E-state index contributed by atoms with van der Waals surface area (Å²) in [6, 6.07) is -3.00. The SMILES string of the molecule is C[C@H](NC(=O)[C@H](CCCCN)NC(=O)[C@@H](N)CCC(N)=O)C(=O)O. The van der Waals surface area contributed by atoms with Gasteiger partial charge in [-0.05, 0) is 39.2 Å². The molecule has 0 aromatic rings. The average molecular weight is 345 g/mol. The number of nitrogens with one attached hydrogen (secondary N) is 2. The van der Waals surface area contributed by atoms with Crippen molar-refractivity contribution in [3.05, 3.63) is 0 Å². The lowest BCUT2D eigenvalue weighted by molar-refractivity contribution is -0.141. The highest BCUT2D eigenvalue weighted by atomic mass is 16.4. The highest BCUT2D eigenvalue weighted by molar-refractivity contribution is 5.91. The molecule has 0 saturated heterocycles. The summed E-state index contributed by atoms with van der Waals surface area (Å²) in [5.41, 5.74) is 16.0. The van der Waals surface area contributed by atoms with Gasteiger partial charge in [-0.15, -0.1) is 0 Å². The number of amides is 3. The summed E-state index contributed by atoms with van der Waals surface area (Å²) < 4.78 is 0. The van der Waals surface area contributed by atoms with E-state index in [1.54, 1.807) is 0 Å². The number of carboxylic acids is 1. The molecule has 0 unspecified atom stereocenters. The Hall–Kier alpha value is -2.20. The summed E-state index contributed by atoms with van der Waals surface area (Å²) in [6.45, 7) is 1.75. The van der Waals surface area contributed by atoms with Crippen molar-refractivity contribution in [2.24, 2.45) is 17.2 Å². The molecule has 3 amide bonds. The molecule has 0 radical (unpaired) electrons. The van der Waals surface area contributed by atoms with E-state index in [4.69, 9.17) is 22.3 Å². The fraction of sp³-hybridized carbons (Fsp3) is 0.714. The summed E-state index contributed by atoms with van der Waals surface area (Å²) >= 11 is 0. The molecule has 0 aromatic carbocycles. The van der Waals surface area contributed by atoms with Crippen molar-refractivity contribution in [3.8, 4) is 0 Å². The number of nitrogens with two attached hydrogens (primary N) is 3. The van der Waals surface area contributed by atoms with Crippen LogP contribution in [0.25, 0.3) is 0 Å².